The van der Waals surface area contributed by atoms with E-state index < -0.39 is 18.0 Å². The van der Waals surface area contributed by atoms with Gasteiger partial charge in [-0.05, 0) is 26.0 Å². The van der Waals surface area contributed by atoms with Crippen molar-refractivity contribution in [2.24, 2.45) is 0 Å². The van der Waals surface area contributed by atoms with Crippen molar-refractivity contribution in [1.29, 1.82) is 0 Å². The van der Waals surface area contributed by atoms with Crippen molar-refractivity contribution in [2.45, 2.75) is 20.0 Å². The van der Waals surface area contributed by atoms with Gasteiger partial charge in [-0.2, -0.15) is 0 Å². The fourth-order valence-electron chi connectivity index (χ4n) is 1.95. The minimum absolute atomic E-state index is 0.0507. The zero-order chi connectivity index (χ0) is 16.4. The summed E-state index contributed by atoms with van der Waals surface area (Å²) in [6, 6.07) is 6.42. The Bertz CT molecular complexity index is 754. The number of ether oxygens (including phenoxy) is 3. The van der Waals surface area contributed by atoms with Gasteiger partial charge in [0.05, 0.1) is 5.69 Å². The van der Waals surface area contributed by atoms with E-state index in [1.807, 2.05) is 0 Å². The van der Waals surface area contributed by atoms with E-state index in [9.17, 15) is 9.59 Å². The number of esters is 1. The van der Waals surface area contributed by atoms with E-state index >= 15 is 0 Å². The molecule has 0 bridgehead atoms. The molecule has 1 amide bonds. The van der Waals surface area contributed by atoms with Crippen LogP contribution in [0.1, 0.15) is 23.2 Å². The first-order chi connectivity index (χ1) is 11.0. The van der Waals surface area contributed by atoms with Crippen LogP contribution in [0.2, 0.25) is 0 Å². The second-order valence-corrected chi connectivity index (χ2v) is 4.94. The monoisotopic (exact) mass is 318 g/mol. The summed E-state index contributed by atoms with van der Waals surface area (Å²) in [5.41, 5.74) is 1.06. The van der Waals surface area contributed by atoms with Gasteiger partial charge in [-0.1, -0.05) is 5.16 Å². The molecule has 1 atom stereocenters. The van der Waals surface area contributed by atoms with Gasteiger partial charge in [-0.3, -0.25) is 4.79 Å². The molecule has 2 heterocycles. The molecular formula is C15H14N2O6. The lowest BCUT2D eigenvalue weighted by Crippen LogP contribution is -2.29. The lowest BCUT2D eigenvalue weighted by Gasteiger charge is -2.12. The van der Waals surface area contributed by atoms with Crippen LogP contribution in [0.3, 0.4) is 0 Å². The summed E-state index contributed by atoms with van der Waals surface area (Å²) in [4.78, 5) is 23.9. The molecule has 1 aliphatic heterocycles. The van der Waals surface area contributed by atoms with Gasteiger partial charge in [-0.25, -0.2) is 4.79 Å². The van der Waals surface area contributed by atoms with Crippen LogP contribution in [0.15, 0.2) is 28.8 Å². The molecule has 2 aromatic rings. The quantitative estimate of drug-likeness (QED) is 0.859. The molecule has 1 N–H and O–H groups in total. The number of hydrogen-bond acceptors (Lipinski definition) is 7. The van der Waals surface area contributed by atoms with Crippen LogP contribution in [-0.2, 0) is 9.53 Å². The highest BCUT2D eigenvalue weighted by molar-refractivity contribution is 5.96. The third-order valence-corrected chi connectivity index (χ3v) is 3.12. The summed E-state index contributed by atoms with van der Waals surface area (Å²) >= 11 is 0. The maximum Gasteiger partial charge on any atom is 0.377 e. The van der Waals surface area contributed by atoms with Crippen LogP contribution < -0.4 is 14.8 Å². The first kappa shape index (κ1) is 14.9. The van der Waals surface area contributed by atoms with Crippen molar-refractivity contribution < 1.29 is 28.3 Å². The molecule has 8 heteroatoms. The molecule has 3 rings (SSSR count). The predicted molar refractivity (Wildman–Crippen MR) is 77.3 cm³/mol. The van der Waals surface area contributed by atoms with Crippen molar-refractivity contribution in [1.82, 2.24) is 5.16 Å². The number of benzene rings is 1. The van der Waals surface area contributed by atoms with Crippen molar-refractivity contribution in [3.63, 3.8) is 0 Å². The molecule has 0 saturated carbocycles. The van der Waals surface area contributed by atoms with Crippen LogP contribution in [0.25, 0.3) is 0 Å². The number of hydrogen-bond donors (Lipinski definition) is 1. The van der Waals surface area contributed by atoms with Crippen LogP contribution in [-0.4, -0.2) is 29.9 Å². The van der Waals surface area contributed by atoms with Gasteiger partial charge in [0.25, 0.3) is 5.91 Å². The molecule has 23 heavy (non-hydrogen) atoms. The highest BCUT2D eigenvalue weighted by atomic mass is 16.7. The summed E-state index contributed by atoms with van der Waals surface area (Å²) in [6.07, 6.45) is -1.00. The highest BCUT2D eigenvalue weighted by Crippen LogP contribution is 2.34. The fourth-order valence-corrected chi connectivity index (χ4v) is 1.95. The molecule has 120 valence electrons. The molecule has 1 aromatic heterocycles. The Kier molecular flexibility index (Phi) is 3.88. The Labute approximate surface area is 131 Å². The molecule has 0 fully saturated rings. The highest BCUT2D eigenvalue weighted by Gasteiger charge is 2.22. The molecule has 1 unspecified atom stereocenters. The summed E-state index contributed by atoms with van der Waals surface area (Å²) < 4.78 is 20.2. The van der Waals surface area contributed by atoms with Gasteiger partial charge in [0.2, 0.25) is 12.6 Å². The van der Waals surface area contributed by atoms with Gasteiger partial charge in [0.1, 0.15) is 0 Å². The normalized spacial score (nSPS) is 13.5. The first-order valence-electron chi connectivity index (χ1n) is 6.88. The number of anilines is 1. The fraction of sp³-hybridized carbons (Fsp3) is 0.267. The van der Waals surface area contributed by atoms with E-state index in [0.29, 0.717) is 22.9 Å². The third-order valence-electron chi connectivity index (χ3n) is 3.12. The standard InChI is InChI=1S/C15H14N2O6/c1-8-5-13(23-17-8)15(19)22-9(2)14(18)16-10-3-4-11-12(6-10)21-7-20-11/h3-6,9H,7H2,1-2H3,(H,16,18). The van der Waals surface area contributed by atoms with Crippen LogP contribution >= 0.6 is 0 Å². The summed E-state index contributed by atoms with van der Waals surface area (Å²) in [5, 5.41) is 6.22. The SMILES string of the molecule is Cc1cc(C(=O)OC(C)C(=O)Nc2ccc3c(c2)OCO3)on1. The summed E-state index contributed by atoms with van der Waals surface area (Å²) in [6.45, 7) is 3.29. The number of fused-ring (bicyclic) bond motifs is 1. The number of aryl methyl sites for hydroxylation is 1. The number of nitrogens with one attached hydrogen (secondary N) is 1. The minimum Gasteiger partial charge on any atom is -0.454 e. The largest absolute Gasteiger partial charge is 0.454 e. The van der Waals surface area contributed by atoms with Crippen LogP contribution in [0, 0.1) is 6.92 Å². The third kappa shape index (κ3) is 3.25. The molecule has 0 spiro atoms. The Morgan fingerprint density at radius 2 is 2.04 bits per heavy atom. The second-order valence-electron chi connectivity index (χ2n) is 4.94. The van der Waals surface area contributed by atoms with Gasteiger partial charge in [0.15, 0.2) is 17.6 Å². The predicted octanol–water partition coefficient (Wildman–Crippen LogP) is 1.90. The number of nitrogens with zero attached hydrogens (tertiary/aromatic N) is 1. The van der Waals surface area contributed by atoms with Crippen molar-refractivity contribution in [3.8, 4) is 11.5 Å². The average molecular weight is 318 g/mol. The second kappa shape index (κ2) is 5.99. The number of rotatable bonds is 4. The molecule has 1 aliphatic rings. The topological polar surface area (TPSA) is 99.9 Å². The number of carbonyl (C=O) groups excluding carboxylic acids is 2. The lowest BCUT2D eigenvalue weighted by molar-refractivity contribution is -0.123. The Hall–Kier alpha value is -3.03. The van der Waals surface area contributed by atoms with Crippen molar-refractivity contribution >= 4 is 17.6 Å². The molecule has 0 radical (unpaired) electrons. The molecule has 1 aromatic carbocycles. The molecular weight excluding hydrogens is 304 g/mol. The Balaban J connectivity index is 1.60. The average Bonchev–Trinajstić information content (AvgIpc) is 3.15. The van der Waals surface area contributed by atoms with E-state index in [1.165, 1.54) is 13.0 Å². The number of amides is 1. The first-order valence-corrected chi connectivity index (χ1v) is 6.88. The van der Waals surface area contributed by atoms with E-state index in [4.69, 9.17) is 18.7 Å². The number of aromatic nitrogens is 1. The van der Waals surface area contributed by atoms with Gasteiger partial charge in [0, 0.05) is 17.8 Å². The lowest BCUT2D eigenvalue weighted by atomic mass is 10.2. The Morgan fingerprint density at radius 1 is 1.26 bits per heavy atom. The number of carbonyl (C=O) groups is 2. The molecule has 8 nitrogen and oxygen atoms in total. The van der Waals surface area contributed by atoms with E-state index in [2.05, 4.69) is 10.5 Å². The van der Waals surface area contributed by atoms with Crippen molar-refractivity contribution in [3.05, 3.63) is 35.7 Å². The minimum atomic E-state index is -1.00. The van der Waals surface area contributed by atoms with Crippen LogP contribution in [0.5, 0.6) is 11.5 Å². The van der Waals surface area contributed by atoms with Gasteiger partial charge < -0.3 is 24.1 Å². The van der Waals surface area contributed by atoms with E-state index in [0.717, 1.165) is 0 Å². The van der Waals surface area contributed by atoms with Gasteiger partial charge in [-0.15, -0.1) is 0 Å². The Morgan fingerprint density at radius 3 is 2.78 bits per heavy atom. The zero-order valence-corrected chi connectivity index (χ0v) is 12.5. The van der Waals surface area contributed by atoms with Crippen molar-refractivity contribution in [2.75, 3.05) is 12.1 Å². The van der Waals surface area contributed by atoms with E-state index in [1.54, 1.807) is 25.1 Å². The smallest absolute Gasteiger partial charge is 0.377 e. The maximum atomic E-state index is 12.1. The van der Waals surface area contributed by atoms with Crippen LogP contribution in [0.4, 0.5) is 5.69 Å². The summed E-state index contributed by atoms with van der Waals surface area (Å²) in [7, 11) is 0. The maximum absolute atomic E-state index is 12.1. The summed E-state index contributed by atoms with van der Waals surface area (Å²) in [5.74, 6) is -0.120. The zero-order valence-electron chi connectivity index (χ0n) is 12.5. The van der Waals surface area contributed by atoms with Gasteiger partial charge >= 0.3 is 5.97 Å². The molecule has 0 aliphatic carbocycles. The molecule has 0 saturated heterocycles. The van der Waals surface area contributed by atoms with E-state index in [-0.39, 0.29) is 12.6 Å².